The summed E-state index contributed by atoms with van der Waals surface area (Å²) in [6.45, 7) is 1.65. The van der Waals surface area contributed by atoms with Crippen molar-refractivity contribution < 1.29 is 24.2 Å². The van der Waals surface area contributed by atoms with Gasteiger partial charge in [0.05, 0.1) is 7.11 Å². The lowest BCUT2D eigenvalue weighted by Gasteiger charge is -2.13. The molecule has 0 bridgehead atoms. The van der Waals surface area contributed by atoms with Crippen LogP contribution in [0, 0.1) is 6.92 Å². The van der Waals surface area contributed by atoms with Crippen LogP contribution in [-0.4, -0.2) is 41.1 Å². The summed E-state index contributed by atoms with van der Waals surface area (Å²) in [6, 6.07) is -0.0450. The summed E-state index contributed by atoms with van der Waals surface area (Å²) < 4.78 is 4.40. The molecule has 0 fully saturated rings. The van der Waals surface area contributed by atoms with Crippen molar-refractivity contribution in [2.24, 2.45) is 0 Å². The fourth-order valence-electron chi connectivity index (χ4n) is 1.61. The van der Waals surface area contributed by atoms with E-state index in [0.29, 0.717) is 5.69 Å². The molecule has 0 aromatic carbocycles. The molecule has 0 aliphatic carbocycles. The number of carboxylic acid groups (broad SMARTS) is 1. The van der Waals surface area contributed by atoms with Gasteiger partial charge in [-0.2, -0.15) is 0 Å². The molecule has 8 heteroatoms. The summed E-state index contributed by atoms with van der Waals surface area (Å²) in [6.07, 6.45) is 0.932. The standard InChI is InChI=1S/C13H16N2O6/c1-7-5-10(16)8(6-14-7)12(18)15-9(13(19)20)3-4-11(17)21-2/h5-6,9H,3-4H2,1-2H3,(H,14,16)(H,15,18)(H,19,20)/t9-/m0/s1. The van der Waals surface area contributed by atoms with Crippen LogP contribution < -0.4 is 10.7 Å². The third-order valence-electron chi connectivity index (χ3n) is 2.77. The summed E-state index contributed by atoms with van der Waals surface area (Å²) >= 11 is 0. The SMILES string of the molecule is COC(=O)CC[C@H](NC(=O)c1c[nH]c(C)cc1=O)C(=O)O. The van der Waals surface area contributed by atoms with Gasteiger partial charge in [0, 0.05) is 24.4 Å². The first-order valence-corrected chi connectivity index (χ1v) is 6.15. The first-order chi connectivity index (χ1) is 9.85. The Bertz CT molecular complexity index is 607. The molecular formula is C13H16N2O6. The summed E-state index contributed by atoms with van der Waals surface area (Å²) in [5.41, 5.74) is -0.122. The van der Waals surface area contributed by atoms with Gasteiger partial charge in [0.15, 0.2) is 5.43 Å². The topological polar surface area (TPSA) is 126 Å². The number of hydrogen-bond donors (Lipinski definition) is 3. The van der Waals surface area contributed by atoms with Crippen molar-refractivity contribution in [2.45, 2.75) is 25.8 Å². The molecule has 1 atom stereocenters. The van der Waals surface area contributed by atoms with Gasteiger partial charge in [-0.3, -0.25) is 14.4 Å². The van der Waals surface area contributed by atoms with Crippen molar-refractivity contribution >= 4 is 17.8 Å². The minimum atomic E-state index is -1.30. The normalized spacial score (nSPS) is 11.5. The summed E-state index contributed by atoms with van der Waals surface area (Å²) in [7, 11) is 1.18. The second kappa shape index (κ2) is 7.22. The van der Waals surface area contributed by atoms with E-state index in [-0.39, 0.29) is 18.4 Å². The highest BCUT2D eigenvalue weighted by Crippen LogP contribution is 2.01. The largest absolute Gasteiger partial charge is 0.480 e. The average Bonchev–Trinajstić information content (AvgIpc) is 2.42. The predicted molar refractivity (Wildman–Crippen MR) is 71.9 cm³/mol. The highest BCUT2D eigenvalue weighted by Gasteiger charge is 2.23. The molecule has 21 heavy (non-hydrogen) atoms. The Morgan fingerprint density at radius 2 is 2.10 bits per heavy atom. The Hall–Kier alpha value is -2.64. The maximum absolute atomic E-state index is 11.9. The molecule has 8 nitrogen and oxygen atoms in total. The first kappa shape index (κ1) is 16.4. The van der Waals surface area contributed by atoms with Gasteiger partial charge in [0.1, 0.15) is 11.6 Å². The molecule has 0 saturated heterocycles. The van der Waals surface area contributed by atoms with E-state index in [2.05, 4.69) is 15.0 Å². The van der Waals surface area contributed by atoms with Gasteiger partial charge in [-0.1, -0.05) is 0 Å². The smallest absolute Gasteiger partial charge is 0.326 e. The van der Waals surface area contributed by atoms with E-state index >= 15 is 0 Å². The van der Waals surface area contributed by atoms with Crippen molar-refractivity contribution in [1.82, 2.24) is 10.3 Å². The minimum Gasteiger partial charge on any atom is -0.480 e. The molecule has 1 heterocycles. The number of aromatic nitrogens is 1. The molecule has 3 N–H and O–H groups in total. The van der Waals surface area contributed by atoms with E-state index in [1.807, 2.05) is 0 Å². The van der Waals surface area contributed by atoms with Crippen molar-refractivity contribution in [1.29, 1.82) is 0 Å². The Labute approximate surface area is 120 Å². The van der Waals surface area contributed by atoms with Crippen molar-refractivity contribution in [3.05, 3.63) is 33.7 Å². The quantitative estimate of drug-likeness (QED) is 0.625. The number of rotatable bonds is 6. The number of hydrogen-bond acceptors (Lipinski definition) is 5. The number of methoxy groups -OCH3 is 1. The van der Waals surface area contributed by atoms with Crippen LogP contribution in [0.3, 0.4) is 0 Å². The third-order valence-corrected chi connectivity index (χ3v) is 2.77. The number of carbonyl (C=O) groups excluding carboxylic acids is 2. The van der Waals surface area contributed by atoms with Crippen LogP contribution in [0.25, 0.3) is 0 Å². The number of carbonyl (C=O) groups is 3. The maximum atomic E-state index is 11.9. The number of pyridine rings is 1. The molecule has 0 spiro atoms. The highest BCUT2D eigenvalue weighted by molar-refractivity contribution is 5.96. The fraction of sp³-hybridized carbons (Fsp3) is 0.385. The number of nitrogens with one attached hydrogen (secondary N) is 2. The monoisotopic (exact) mass is 296 g/mol. The molecule has 1 amide bonds. The highest BCUT2D eigenvalue weighted by atomic mass is 16.5. The average molecular weight is 296 g/mol. The lowest BCUT2D eigenvalue weighted by Crippen LogP contribution is -2.42. The number of aliphatic carboxylic acids is 1. The van der Waals surface area contributed by atoms with E-state index in [1.165, 1.54) is 19.4 Å². The first-order valence-electron chi connectivity index (χ1n) is 6.15. The molecule has 0 aliphatic rings. The van der Waals surface area contributed by atoms with Crippen LogP contribution in [0.5, 0.6) is 0 Å². The summed E-state index contributed by atoms with van der Waals surface area (Å²) in [5, 5.41) is 11.2. The molecule has 0 radical (unpaired) electrons. The van der Waals surface area contributed by atoms with E-state index in [0.717, 1.165) is 0 Å². The van der Waals surface area contributed by atoms with Gasteiger partial charge in [-0.25, -0.2) is 4.79 Å². The molecule has 1 rings (SSSR count). The summed E-state index contributed by atoms with van der Waals surface area (Å²) in [5.74, 6) is -2.69. The molecular weight excluding hydrogens is 280 g/mol. The molecule has 1 aromatic rings. The van der Waals surface area contributed by atoms with E-state index in [4.69, 9.17) is 5.11 Å². The zero-order valence-corrected chi connectivity index (χ0v) is 11.6. The van der Waals surface area contributed by atoms with Crippen molar-refractivity contribution in [2.75, 3.05) is 7.11 Å². The van der Waals surface area contributed by atoms with E-state index in [1.54, 1.807) is 6.92 Å². The Kier molecular flexibility index (Phi) is 5.65. The van der Waals surface area contributed by atoms with E-state index < -0.39 is 29.3 Å². The lowest BCUT2D eigenvalue weighted by molar-refractivity contribution is -0.142. The second-order valence-corrected chi connectivity index (χ2v) is 4.37. The Morgan fingerprint density at radius 1 is 1.43 bits per heavy atom. The van der Waals surface area contributed by atoms with Gasteiger partial charge in [-0.05, 0) is 13.3 Å². The molecule has 0 aliphatic heterocycles. The van der Waals surface area contributed by atoms with Crippen LogP contribution in [0.2, 0.25) is 0 Å². The van der Waals surface area contributed by atoms with Gasteiger partial charge in [-0.15, -0.1) is 0 Å². The predicted octanol–water partition coefficient (Wildman–Crippen LogP) is -0.180. The van der Waals surface area contributed by atoms with Crippen LogP contribution in [0.4, 0.5) is 0 Å². The van der Waals surface area contributed by atoms with Crippen LogP contribution in [0.15, 0.2) is 17.1 Å². The maximum Gasteiger partial charge on any atom is 0.326 e. The Balaban J connectivity index is 2.79. The number of carboxylic acids is 1. The van der Waals surface area contributed by atoms with E-state index in [9.17, 15) is 19.2 Å². The van der Waals surface area contributed by atoms with Gasteiger partial charge in [0.2, 0.25) is 0 Å². The number of ether oxygens (including phenoxy) is 1. The minimum absolute atomic E-state index is 0.127. The number of aryl methyl sites for hydroxylation is 1. The van der Waals surface area contributed by atoms with Crippen LogP contribution in [0.1, 0.15) is 28.9 Å². The Morgan fingerprint density at radius 3 is 2.62 bits per heavy atom. The van der Waals surface area contributed by atoms with Crippen LogP contribution >= 0.6 is 0 Å². The molecule has 0 saturated carbocycles. The van der Waals surface area contributed by atoms with Crippen molar-refractivity contribution in [3.8, 4) is 0 Å². The summed E-state index contributed by atoms with van der Waals surface area (Å²) in [4.78, 5) is 48.3. The zero-order valence-electron chi connectivity index (χ0n) is 11.6. The van der Waals surface area contributed by atoms with Crippen LogP contribution in [-0.2, 0) is 14.3 Å². The molecule has 114 valence electrons. The van der Waals surface area contributed by atoms with Gasteiger partial charge < -0.3 is 20.1 Å². The lowest BCUT2D eigenvalue weighted by atomic mass is 10.1. The van der Waals surface area contributed by atoms with Crippen molar-refractivity contribution in [3.63, 3.8) is 0 Å². The number of amides is 1. The number of H-pyrrole nitrogens is 1. The van der Waals surface area contributed by atoms with Gasteiger partial charge >= 0.3 is 11.9 Å². The fourth-order valence-corrected chi connectivity index (χ4v) is 1.61. The number of aromatic amines is 1. The second-order valence-electron chi connectivity index (χ2n) is 4.37. The molecule has 0 unspecified atom stereocenters. The zero-order chi connectivity index (χ0) is 16.0. The third kappa shape index (κ3) is 4.75. The number of esters is 1. The van der Waals surface area contributed by atoms with Gasteiger partial charge in [0.25, 0.3) is 5.91 Å². The molecule has 1 aromatic heterocycles.